The molecule has 0 radical (unpaired) electrons. The van der Waals surface area contributed by atoms with Gasteiger partial charge in [-0.05, 0) is 31.9 Å². The van der Waals surface area contributed by atoms with Crippen LogP contribution in [0.25, 0.3) is 0 Å². The van der Waals surface area contributed by atoms with Gasteiger partial charge in [-0.2, -0.15) is 0 Å². The molecule has 0 aromatic heterocycles. The van der Waals surface area contributed by atoms with E-state index in [-0.39, 0.29) is 18.7 Å². The molecule has 0 saturated carbocycles. The summed E-state index contributed by atoms with van der Waals surface area (Å²) in [4.78, 5) is 13.4. The van der Waals surface area contributed by atoms with Crippen molar-refractivity contribution in [2.75, 3.05) is 20.9 Å². The number of fused-ring (bicyclic) bond motifs is 1. The molecule has 0 saturated heterocycles. The highest BCUT2D eigenvalue weighted by atomic mass is 16.7. The molecular formula is C15H22N2O4. The van der Waals surface area contributed by atoms with Crippen LogP contribution in [0, 0.1) is 0 Å². The van der Waals surface area contributed by atoms with Crippen LogP contribution in [0.5, 0.6) is 17.2 Å². The van der Waals surface area contributed by atoms with E-state index in [1.807, 2.05) is 13.0 Å². The van der Waals surface area contributed by atoms with Crippen LogP contribution in [-0.2, 0) is 11.2 Å². The molecule has 0 aliphatic carbocycles. The number of likely N-dealkylation sites (N-methyl/N-ethyl adjacent to an activating group) is 1. The van der Waals surface area contributed by atoms with Crippen molar-refractivity contribution < 1.29 is 19.0 Å². The van der Waals surface area contributed by atoms with Crippen molar-refractivity contribution in [1.82, 2.24) is 4.90 Å². The highest BCUT2D eigenvalue weighted by Gasteiger charge is 2.22. The van der Waals surface area contributed by atoms with Gasteiger partial charge >= 0.3 is 0 Å². The molecule has 116 valence electrons. The van der Waals surface area contributed by atoms with E-state index in [0.717, 1.165) is 5.56 Å². The topological polar surface area (TPSA) is 74.0 Å². The number of hydrogen-bond acceptors (Lipinski definition) is 5. The fourth-order valence-corrected chi connectivity index (χ4v) is 2.19. The SMILES string of the molecule is CC(N)Cc1cc2c(cc1OC(C)C(=O)N(C)C)OCO2. The Morgan fingerprint density at radius 2 is 1.95 bits per heavy atom. The maximum Gasteiger partial charge on any atom is 0.262 e. The molecule has 1 aromatic rings. The van der Waals surface area contributed by atoms with E-state index in [1.54, 1.807) is 27.1 Å². The molecule has 2 N–H and O–H groups in total. The number of ether oxygens (including phenoxy) is 3. The van der Waals surface area contributed by atoms with Gasteiger partial charge in [0.1, 0.15) is 5.75 Å². The molecule has 0 spiro atoms. The van der Waals surface area contributed by atoms with Crippen LogP contribution in [0.3, 0.4) is 0 Å². The van der Waals surface area contributed by atoms with Gasteiger partial charge in [0.05, 0.1) is 0 Å². The summed E-state index contributed by atoms with van der Waals surface area (Å²) in [6, 6.07) is 3.61. The lowest BCUT2D eigenvalue weighted by Crippen LogP contribution is -2.35. The average Bonchev–Trinajstić information content (AvgIpc) is 2.84. The summed E-state index contributed by atoms with van der Waals surface area (Å²) in [5.41, 5.74) is 6.78. The Hall–Kier alpha value is -1.95. The summed E-state index contributed by atoms with van der Waals surface area (Å²) in [5, 5.41) is 0. The highest BCUT2D eigenvalue weighted by molar-refractivity contribution is 5.80. The van der Waals surface area contributed by atoms with E-state index in [0.29, 0.717) is 23.7 Å². The number of hydrogen-bond donors (Lipinski definition) is 1. The number of carbonyl (C=O) groups is 1. The zero-order valence-electron chi connectivity index (χ0n) is 12.9. The molecule has 2 atom stereocenters. The minimum atomic E-state index is -0.577. The van der Waals surface area contributed by atoms with Crippen molar-refractivity contribution in [3.8, 4) is 17.2 Å². The molecule has 0 bridgehead atoms. The van der Waals surface area contributed by atoms with Gasteiger partial charge in [0, 0.05) is 26.2 Å². The summed E-state index contributed by atoms with van der Waals surface area (Å²) in [6.45, 7) is 3.84. The minimum absolute atomic E-state index is 0.0208. The van der Waals surface area contributed by atoms with Crippen molar-refractivity contribution in [2.45, 2.75) is 32.4 Å². The second-order valence-electron chi connectivity index (χ2n) is 5.49. The van der Waals surface area contributed by atoms with Gasteiger partial charge in [-0.3, -0.25) is 4.79 Å². The van der Waals surface area contributed by atoms with Crippen LogP contribution < -0.4 is 19.9 Å². The Morgan fingerprint density at radius 1 is 1.33 bits per heavy atom. The number of carbonyl (C=O) groups excluding carboxylic acids is 1. The van der Waals surface area contributed by atoms with Crippen LogP contribution in [0.1, 0.15) is 19.4 Å². The Morgan fingerprint density at radius 3 is 2.52 bits per heavy atom. The zero-order chi connectivity index (χ0) is 15.6. The lowest BCUT2D eigenvalue weighted by atomic mass is 10.1. The normalized spacial score (nSPS) is 15.5. The van der Waals surface area contributed by atoms with Crippen molar-refractivity contribution in [2.24, 2.45) is 5.73 Å². The third-order valence-corrected chi connectivity index (χ3v) is 3.19. The molecule has 6 nitrogen and oxygen atoms in total. The second-order valence-corrected chi connectivity index (χ2v) is 5.49. The fraction of sp³-hybridized carbons (Fsp3) is 0.533. The van der Waals surface area contributed by atoms with Crippen molar-refractivity contribution in [3.63, 3.8) is 0 Å². The standard InChI is InChI=1S/C15H22N2O4/c1-9(16)5-11-6-13-14(20-8-19-13)7-12(11)21-10(2)15(18)17(3)4/h6-7,9-10H,5,8,16H2,1-4H3. The number of rotatable bonds is 5. The van der Waals surface area contributed by atoms with Crippen LogP contribution >= 0.6 is 0 Å². The smallest absolute Gasteiger partial charge is 0.262 e. The van der Waals surface area contributed by atoms with Gasteiger partial charge in [-0.15, -0.1) is 0 Å². The Labute approximate surface area is 124 Å². The molecule has 2 unspecified atom stereocenters. The summed E-state index contributed by atoms with van der Waals surface area (Å²) >= 11 is 0. The van der Waals surface area contributed by atoms with Gasteiger partial charge < -0.3 is 24.8 Å². The first-order valence-electron chi connectivity index (χ1n) is 6.94. The molecule has 0 fully saturated rings. The van der Waals surface area contributed by atoms with Gasteiger partial charge in [0.2, 0.25) is 6.79 Å². The van der Waals surface area contributed by atoms with Crippen LogP contribution in [-0.4, -0.2) is 43.8 Å². The number of nitrogens with two attached hydrogens (primary N) is 1. The predicted octanol–water partition coefficient (Wildman–Crippen LogP) is 1.16. The number of benzene rings is 1. The molecular weight excluding hydrogens is 272 g/mol. The lowest BCUT2D eigenvalue weighted by molar-refractivity contribution is -0.135. The Kier molecular flexibility index (Phi) is 4.57. The minimum Gasteiger partial charge on any atom is -0.480 e. The Balaban J connectivity index is 2.26. The van der Waals surface area contributed by atoms with E-state index >= 15 is 0 Å². The zero-order valence-corrected chi connectivity index (χ0v) is 12.9. The van der Waals surface area contributed by atoms with Gasteiger partial charge in [0.25, 0.3) is 5.91 Å². The second kappa shape index (κ2) is 6.22. The van der Waals surface area contributed by atoms with Gasteiger partial charge in [-0.1, -0.05) is 0 Å². The van der Waals surface area contributed by atoms with Crippen LogP contribution in [0.4, 0.5) is 0 Å². The molecule has 21 heavy (non-hydrogen) atoms. The first-order valence-corrected chi connectivity index (χ1v) is 6.94. The van der Waals surface area contributed by atoms with Crippen molar-refractivity contribution in [3.05, 3.63) is 17.7 Å². The summed E-state index contributed by atoms with van der Waals surface area (Å²) < 4.78 is 16.5. The Bertz CT molecular complexity index is 529. The van der Waals surface area contributed by atoms with Gasteiger partial charge in [0.15, 0.2) is 17.6 Å². The monoisotopic (exact) mass is 294 g/mol. The molecule has 1 heterocycles. The number of amides is 1. The molecule has 2 rings (SSSR count). The molecule has 1 aliphatic heterocycles. The molecule has 1 aliphatic rings. The maximum atomic E-state index is 11.9. The molecule has 6 heteroatoms. The summed E-state index contributed by atoms with van der Waals surface area (Å²) in [6.07, 6.45) is 0.0571. The van der Waals surface area contributed by atoms with E-state index in [9.17, 15) is 4.79 Å². The summed E-state index contributed by atoms with van der Waals surface area (Å²) in [5.74, 6) is 1.83. The van der Waals surface area contributed by atoms with E-state index in [1.165, 1.54) is 4.90 Å². The number of nitrogens with zero attached hydrogens (tertiary/aromatic N) is 1. The van der Waals surface area contributed by atoms with E-state index in [2.05, 4.69) is 0 Å². The van der Waals surface area contributed by atoms with Crippen molar-refractivity contribution in [1.29, 1.82) is 0 Å². The highest BCUT2D eigenvalue weighted by Crippen LogP contribution is 2.39. The first kappa shape index (κ1) is 15.4. The fourth-order valence-electron chi connectivity index (χ4n) is 2.19. The predicted molar refractivity (Wildman–Crippen MR) is 78.7 cm³/mol. The third kappa shape index (κ3) is 3.58. The van der Waals surface area contributed by atoms with Crippen molar-refractivity contribution >= 4 is 5.91 Å². The van der Waals surface area contributed by atoms with Crippen LogP contribution in [0.15, 0.2) is 12.1 Å². The third-order valence-electron chi connectivity index (χ3n) is 3.19. The van der Waals surface area contributed by atoms with Crippen LogP contribution in [0.2, 0.25) is 0 Å². The lowest BCUT2D eigenvalue weighted by Gasteiger charge is -2.21. The van der Waals surface area contributed by atoms with Gasteiger partial charge in [-0.25, -0.2) is 0 Å². The largest absolute Gasteiger partial charge is 0.480 e. The quantitative estimate of drug-likeness (QED) is 0.882. The first-order chi connectivity index (χ1) is 9.88. The molecule has 1 amide bonds. The maximum absolute atomic E-state index is 11.9. The average molecular weight is 294 g/mol. The molecule has 1 aromatic carbocycles. The summed E-state index contributed by atoms with van der Waals surface area (Å²) in [7, 11) is 3.40. The van der Waals surface area contributed by atoms with E-state index < -0.39 is 6.10 Å². The van der Waals surface area contributed by atoms with E-state index in [4.69, 9.17) is 19.9 Å².